The molecule has 0 aliphatic carbocycles. The molecule has 2 saturated heterocycles. The molecule has 176 valence electrons. The van der Waals surface area contributed by atoms with Gasteiger partial charge in [0.05, 0.1) is 47.0 Å². The van der Waals surface area contributed by atoms with Crippen molar-refractivity contribution in [2.75, 3.05) is 19.3 Å². The second kappa shape index (κ2) is 7.85. The zero-order valence-corrected chi connectivity index (χ0v) is 20.6. The van der Waals surface area contributed by atoms with Gasteiger partial charge in [0.15, 0.2) is 0 Å². The van der Waals surface area contributed by atoms with E-state index >= 15 is 0 Å². The minimum absolute atomic E-state index is 0.0645. The molecule has 11 heteroatoms. The molecule has 3 aliphatic rings. The van der Waals surface area contributed by atoms with Crippen molar-refractivity contribution in [3.63, 3.8) is 0 Å². The number of aliphatic hydroxyl groups is 1. The van der Waals surface area contributed by atoms with Crippen molar-refractivity contribution in [3.05, 3.63) is 23.1 Å². The number of β-lactam (4-membered cyclic amide) rings is 1. The Balaban J connectivity index is 1.55. The molecule has 1 amide bonds. The second-order valence-corrected chi connectivity index (χ2v) is 10.9. The number of rotatable bonds is 5. The molecule has 0 saturated carbocycles. The normalized spacial score (nSPS) is 28.0. The van der Waals surface area contributed by atoms with Gasteiger partial charge in [0.1, 0.15) is 12.2 Å². The summed E-state index contributed by atoms with van der Waals surface area (Å²) in [6.07, 6.45) is 6.15. The Kier molecular flexibility index (Phi) is 5.33. The van der Waals surface area contributed by atoms with E-state index in [4.69, 9.17) is 5.41 Å². The van der Waals surface area contributed by atoms with Crippen LogP contribution in [0.2, 0.25) is 0 Å². The first-order chi connectivity index (χ1) is 15.6. The number of fused-ring (bicyclic) bond motifs is 2. The highest BCUT2D eigenvalue weighted by Crippen LogP contribution is 2.51. The number of aromatic nitrogens is 2. The Labute approximate surface area is 199 Å². The lowest BCUT2D eigenvalue weighted by atomic mass is 9.77. The van der Waals surface area contributed by atoms with Crippen molar-refractivity contribution >= 4 is 51.2 Å². The molecular formula is C22H27N5O4S2. The standard InChI is InChI=1S/C22H27N5O4S2/c1-10-15(18(22(30)31)27-17(10)16(11(2)28)19(27)29)14-8-25-9-26(21(32-4)20(25)33-14)13-5-6-24(7-13)12(3)23/h8-11,13,16-17,23,28H,5-7H2,1-4H3/t10-,11+,13-,16+,17+/m0/s1. The Morgan fingerprint density at radius 3 is 2.76 bits per heavy atom. The van der Waals surface area contributed by atoms with Crippen molar-refractivity contribution in [1.29, 1.82) is 5.41 Å². The topological polar surface area (TPSA) is 117 Å². The summed E-state index contributed by atoms with van der Waals surface area (Å²) in [6, 6.07) is -0.0845. The maximum atomic E-state index is 12.6. The number of carboxylic acid groups (broad SMARTS) is 1. The molecule has 33 heavy (non-hydrogen) atoms. The Morgan fingerprint density at radius 2 is 2.18 bits per heavy atom. The number of nitrogens with zero attached hydrogens (tertiary/aromatic N) is 4. The highest BCUT2D eigenvalue weighted by molar-refractivity contribution is 7.98. The molecule has 0 radical (unpaired) electrons. The number of thiazole rings is 1. The molecule has 0 bridgehead atoms. The number of hydrogen-bond acceptors (Lipinski definition) is 7. The summed E-state index contributed by atoms with van der Waals surface area (Å²) in [5.41, 5.74) is 0.542. The van der Waals surface area contributed by atoms with Gasteiger partial charge in [0.25, 0.3) is 6.33 Å². The summed E-state index contributed by atoms with van der Waals surface area (Å²) in [5.74, 6) is -1.94. The summed E-state index contributed by atoms with van der Waals surface area (Å²) in [4.78, 5) is 29.9. The quantitative estimate of drug-likeness (QED) is 0.209. The van der Waals surface area contributed by atoms with E-state index in [1.165, 1.54) is 16.2 Å². The molecule has 0 spiro atoms. The van der Waals surface area contributed by atoms with Crippen LogP contribution in [-0.2, 0) is 9.59 Å². The van der Waals surface area contributed by atoms with Crippen molar-refractivity contribution < 1.29 is 24.2 Å². The van der Waals surface area contributed by atoms with Crippen molar-refractivity contribution in [3.8, 4) is 0 Å². The molecule has 2 fully saturated rings. The highest BCUT2D eigenvalue weighted by Gasteiger charge is 2.59. The number of amidine groups is 1. The van der Waals surface area contributed by atoms with Crippen LogP contribution in [0.3, 0.4) is 0 Å². The SMILES string of the molecule is CSc1c2sc(C3=C(C(=O)[O-])N4C(=O)[C@H]([C@@H](C)O)[C@H]4[C@H]3C)c[n+]2cn1[C@H]1CCN(C(C)=N)C1. The molecule has 3 aliphatic heterocycles. The number of thioether (sulfide) groups is 1. The Morgan fingerprint density at radius 1 is 1.45 bits per heavy atom. The third-order valence-corrected chi connectivity index (χ3v) is 9.28. The maximum absolute atomic E-state index is 12.6. The second-order valence-electron chi connectivity index (χ2n) is 9.12. The first kappa shape index (κ1) is 22.4. The molecule has 0 aromatic carbocycles. The van der Waals surface area contributed by atoms with Crippen LogP contribution in [0, 0.1) is 17.2 Å². The smallest absolute Gasteiger partial charge is 0.250 e. The van der Waals surface area contributed by atoms with Crippen LogP contribution in [0.4, 0.5) is 0 Å². The fourth-order valence-electron chi connectivity index (χ4n) is 5.64. The van der Waals surface area contributed by atoms with Gasteiger partial charge in [-0.25, -0.2) is 4.57 Å². The molecule has 2 aromatic heterocycles. The van der Waals surface area contributed by atoms with Crippen LogP contribution in [0.1, 0.15) is 38.1 Å². The lowest BCUT2D eigenvalue weighted by Crippen LogP contribution is -2.64. The number of nitrogens with one attached hydrogen (secondary N) is 1. The number of likely N-dealkylation sites (tertiary alicyclic amines) is 1. The first-order valence-electron chi connectivity index (χ1n) is 11.0. The predicted molar refractivity (Wildman–Crippen MR) is 123 cm³/mol. The van der Waals surface area contributed by atoms with Crippen molar-refractivity contribution in [1.82, 2.24) is 14.4 Å². The third kappa shape index (κ3) is 3.16. The number of imidazole rings is 1. The van der Waals surface area contributed by atoms with Gasteiger partial charge in [0, 0.05) is 24.5 Å². The van der Waals surface area contributed by atoms with Gasteiger partial charge in [-0.1, -0.05) is 30.0 Å². The summed E-state index contributed by atoms with van der Waals surface area (Å²) < 4.78 is 4.29. The monoisotopic (exact) mass is 489 g/mol. The summed E-state index contributed by atoms with van der Waals surface area (Å²) >= 11 is 3.16. The van der Waals surface area contributed by atoms with Crippen LogP contribution >= 0.6 is 23.1 Å². The lowest BCUT2D eigenvalue weighted by molar-refractivity contribution is -0.508. The molecule has 9 nitrogen and oxygen atoms in total. The van der Waals surface area contributed by atoms with Gasteiger partial charge >= 0.3 is 0 Å². The molecule has 5 rings (SSSR count). The number of amides is 1. The number of carbonyl (C=O) groups is 2. The minimum Gasteiger partial charge on any atom is -0.543 e. The van der Waals surface area contributed by atoms with E-state index in [1.807, 2.05) is 37.0 Å². The van der Waals surface area contributed by atoms with Crippen molar-refractivity contribution in [2.45, 2.75) is 50.4 Å². The van der Waals surface area contributed by atoms with E-state index in [9.17, 15) is 19.8 Å². The largest absolute Gasteiger partial charge is 0.543 e. The van der Waals surface area contributed by atoms with Gasteiger partial charge in [-0.05, 0) is 20.1 Å². The summed E-state index contributed by atoms with van der Waals surface area (Å²) in [7, 11) is 0. The van der Waals surface area contributed by atoms with Crippen LogP contribution in [0.5, 0.6) is 0 Å². The van der Waals surface area contributed by atoms with Crippen molar-refractivity contribution in [2.24, 2.45) is 11.8 Å². The fraction of sp³-hybridized carbons (Fsp3) is 0.545. The third-order valence-electron chi connectivity index (χ3n) is 7.22. The van der Waals surface area contributed by atoms with E-state index in [1.54, 1.807) is 18.7 Å². The molecule has 2 N–H and O–H groups in total. The molecule has 2 aromatic rings. The maximum Gasteiger partial charge on any atom is 0.250 e. The minimum atomic E-state index is -1.36. The summed E-state index contributed by atoms with van der Waals surface area (Å²) in [5, 5.41) is 31.2. The highest BCUT2D eigenvalue weighted by atomic mass is 32.2. The van der Waals surface area contributed by atoms with Crippen LogP contribution in [0.15, 0.2) is 23.2 Å². The number of carbonyl (C=O) groups excluding carboxylic acids is 2. The molecule has 0 unspecified atom stereocenters. The summed E-state index contributed by atoms with van der Waals surface area (Å²) in [6.45, 7) is 6.97. The molecular weight excluding hydrogens is 462 g/mol. The zero-order chi connectivity index (χ0) is 23.8. The number of aliphatic carboxylic acids is 1. The lowest BCUT2D eigenvalue weighted by Gasteiger charge is -2.47. The first-order valence-corrected chi connectivity index (χ1v) is 13.1. The number of aliphatic hydroxyl groups excluding tert-OH is 1. The average Bonchev–Trinajstić information content (AvgIpc) is 3.47. The van der Waals surface area contributed by atoms with E-state index in [2.05, 4.69) is 9.47 Å². The number of hydrogen-bond donors (Lipinski definition) is 2. The van der Waals surface area contributed by atoms with E-state index < -0.39 is 18.0 Å². The van der Waals surface area contributed by atoms with Crippen LogP contribution in [0.25, 0.3) is 10.4 Å². The van der Waals surface area contributed by atoms with Crippen LogP contribution in [-0.4, -0.2) is 68.7 Å². The molecule has 5 heterocycles. The van der Waals surface area contributed by atoms with Gasteiger partial charge in [-0.2, -0.15) is 4.40 Å². The van der Waals surface area contributed by atoms with E-state index in [0.717, 1.165) is 34.2 Å². The predicted octanol–water partition coefficient (Wildman–Crippen LogP) is 0.573. The van der Waals surface area contributed by atoms with Gasteiger partial charge in [0.2, 0.25) is 15.8 Å². The molecule has 5 atom stereocenters. The van der Waals surface area contributed by atoms with E-state index in [0.29, 0.717) is 11.4 Å². The van der Waals surface area contributed by atoms with Gasteiger partial charge in [-0.15, -0.1) is 0 Å². The average molecular weight is 490 g/mol. The fourth-order valence-corrected chi connectivity index (χ4v) is 7.87. The van der Waals surface area contributed by atoms with Crippen LogP contribution < -0.4 is 9.51 Å². The van der Waals surface area contributed by atoms with Gasteiger partial charge < -0.3 is 24.8 Å². The number of carboxylic acids is 1. The van der Waals surface area contributed by atoms with E-state index in [-0.39, 0.29) is 29.6 Å². The van der Waals surface area contributed by atoms with Gasteiger partial charge in [-0.3, -0.25) is 10.2 Å². The Bertz CT molecular complexity index is 1210. The zero-order valence-electron chi connectivity index (χ0n) is 18.9. The Hall–Kier alpha value is -2.37.